The third-order valence-corrected chi connectivity index (χ3v) is 4.03. The second kappa shape index (κ2) is 3.45. The minimum atomic E-state index is 0.453. The molecule has 2 aliphatic carbocycles. The van der Waals surface area contributed by atoms with Crippen LogP contribution in [0.2, 0.25) is 0 Å². The van der Waals surface area contributed by atoms with Crippen molar-refractivity contribution in [2.75, 3.05) is 0 Å². The van der Waals surface area contributed by atoms with Gasteiger partial charge >= 0.3 is 0 Å². The highest BCUT2D eigenvalue weighted by Gasteiger charge is 2.37. The van der Waals surface area contributed by atoms with Gasteiger partial charge in [0.15, 0.2) is 0 Å². The summed E-state index contributed by atoms with van der Waals surface area (Å²) in [6.45, 7) is 0. The van der Waals surface area contributed by atoms with Gasteiger partial charge in [-0.2, -0.15) is 0 Å². The van der Waals surface area contributed by atoms with Crippen LogP contribution in [-0.4, -0.2) is 6.29 Å². The van der Waals surface area contributed by atoms with Crippen molar-refractivity contribution < 1.29 is 4.79 Å². The highest BCUT2D eigenvalue weighted by molar-refractivity contribution is 6.31. The van der Waals surface area contributed by atoms with Crippen LogP contribution in [0.1, 0.15) is 44.9 Å². The molecule has 0 unspecified atom stereocenters. The van der Waals surface area contributed by atoms with E-state index in [1.54, 1.807) is 0 Å². The van der Waals surface area contributed by atoms with E-state index < -0.39 is 0 Å². The Balaban J connectivity index is 2.17. The van der Waals surface area contributed by atoms with Crippen LogP contribution in [0.3, 0.4) is 0 Å². The molecule has 1 spiro atoms. The SMILES string of the molecule is O=CC1=C(Cl)CCC2(CCCC2)C1. The molecular formula is C11H15ClO. The van der Waals surface area contributed by atoms with Crippen LogP contribution in [-0.2, 0) is 4.79 Å². The number of rotatable bonds is 1. The summed E-state index contributed by atoms with van der Waals surface area (Å²) < 4.78 is 0. The van der Waals surface area contributed by atoms with E-state index in [1.165, 1.54) is 32.1 Å². The molecule has 0 aromatic rings. The predicted molar refractivity (Wildman–Crippen MR) is 53.7 cm³/mol. The molecule has 1 nitrogen and oxygen atoms in total. The van der Waals surface area contributed by atoms with Crippen LogP contribution in [0, 0.1) is 5.41 Å². The molecule has 13 heavy (non-hydrogen) atoms. The maximum Gasteiger partial charge on any atom is 0.147 e. The Kier molecular flexibility index (Phi) is 2.46. The topological polar surface area (TPSA) is 17.1 Å². The molecule has 1 fully saturated rings. The molecule has 0 radical (unpaired) electrons. The maximum absolute atomic E-state index is 10.8. The molecule has 0 saturated heterocycles. The summed E-state index contributed by atoms with van der Waals surface area (Å²) >= 11 is 5.99. The number of halogens is 1. The Bertz CT molecular complexity index is 249. The van der Waals surface area contributed by atoms with E-state index >= 15 is 0 Å². The zero-order valence-electron chi connectivity index (χ0n) is 7.81. The third kappa shape index (κ3) is 1.67. The number of carbonyl (C=O) groups excluding carboxylic acids is 1. The van der Waals surface area contributed by atoms with Crippen molar-refractivity contribution in [1.82, 2.24) is 0 Å². The average molecular weight is 199 g/mol. The minimum Gasteiger partial charge on any atom is -0.298 e. The average Bonchev–Trinajstić information content (AvgIpc) is 2.59. The Morgan fingerprint density at radius 1 is 1.23 bits per heavy atom. The zero-order chi connectivity index (χ0) is 9.31. The molecule has 72 valence electrons. The predicted octanol–water partition coefficient (Wildman–Crippen LogP) is 3.42. The summed E-state index contributed by atoms with van der Waals surface area (Å²) in [6.07, 6.45) is 9.30. The first-order valence-corrected chi connectivity index (χ1v) is 5.46. The third-order valence-electron chi connectivity index (χ3n) is 3.60. The fourth-order valence-electron chi connectivity index (χ4n) is 2.78. The normalized spacial score (nSPS) is 26.8. The van der Waals surface area contributed by atoms with Crippen molar-refractivity contribution >= 4 is 17.9 Å². The van der Waals surface area contributed by atoms with Crippen LogP contribution in [0.4, 0.5) is 0 Å². The zero-order valence-corrected chi connectivity index (χ0v) is 8.57. The van der Waals surface area contributed by atoms with Crippen molar-refractivity contribution in [2.24, 2.45) is 5.41 Å². The molecule has 0 aromatic heterocycles. The summed E-state index contributed by atoms with van der Waals surface area (Å²) in [7, 11) is 0. The van der Waals surface area contributed by atoms with Crippen molar-refractivity contribution in [2.45, 2.75) is 44.9 Å². The van der Waals surface area contributed by atoms with Crippen LogP contribution >= 0.6 is 11.6 Å². The highest BCUT2D eigenvalue weighted by atomic mass is 35.5. The number of hydrogen-bond acceptors (Lipinski definition) is 1. The van der Waals surface area contributed by atoms with E-state index in [4.69, 9.17) is 11.6 Å². The van der Waals surface area contributed by atoms with Gasteiger partial charge < -0.3 is 0 Å². The number of carbonyl (C=O) groups is 1. The quantitative estimate of drug-likeness (QED) is 0.590. The minimum absolute atomic E-state index is 0.453. The number of hydrogen-bond donors (Lipinski definition) is 0. The Morgan fingerprint density at radius 2 is 1.92 bits per heavy atom. The first-order chi connectivity index (χ1) is 6.26. The Labute approximate surface area is 84.2 Å². The standard InChI is InChI=1S/C11H15ClO/c12-10-3-6-11(4-1-2-5-11)7-9(10)8-13/h8H,1-7H2. The molecule has 0 atom stereocenters. The van der Waals surface area contributed by atoms with Crippen LogP contribution in [0.25, 0.3) is 0 Å². The van der Waals surface area contributed by atoms with Gasteiger partial charge in [-0.3, -0.25) is 4.79 Å². The van der Waals surface area contributed by atoms with Crippen molar-refractivity contribution in [1.29, 1.82) is 0 Å². The van der Waals surface area contributed by atoms with E-state index in [9.17, 15) is 4.79 Å². The second-order valence-electron chi connectivity index (χ2n) is 4.43. The molecule has 2 rings (SSSR count). The molecule has 0 aromatic carbocycles. The molecule has 0 heterocycles. The first-order valence-electron chi connectivity index (χ1n) is 5.08. The highest BCUT2D eigenvalue weighted by Crippen LogP contribution is 2.50. The summed E-state index contributed by atoms with van der Waals surface area (Å²) in [6, 6.07) is 0. The van der Waals surface area contributed by atoms with Gasteiger partial charge in [0.25, 0.3) is 0 Å². The van der Waals surface area contributed by atoms with Crippen LogP contribution in [0.15, 0.2) is 10.6 Å². The van der Waals surface area contributed by atoms with Gasteiger partial charge in [-0.1, -0.05) is 24.4 Å². The number of aldehydes is 1. The second-order valence-corrected chi connectivity index (χ2v) is 4.89. The van der Waals surface area contributed by atoms with E-state index in [0.29, 0.717) is 5.41 Å². The van der Waals surface area contributed by atoms with Gasteiger partial charge in [0.2, 0.25) is 0 Å². The lowest BCUT2D eigenvalue weighted by atomic mass is 9.73. The first kappa shape index (κ1) is 9.26. The number of allylic oxidation sites excluding steroid dienone is 2. The van der Waals surface area contributed by atoms with Gasteiger partial charge in [0.1, 0.15) is 6.29 Å². The van der Waals surface area contributed by atoms with Crippen LogP contribution in [0.5, 0.6) is 0 Å². The molecular weight excluding hydrogens is 184 g/mol. The van der Waals surface area contributed by atoms with Gasteiger partial charge in [0.05, 0.1) is 0 Å². The summed E-state index contributed by atoms with van der Waals surface area (Å²) in [4.78, 5) is 10.8. The lowest BCUT2D eigenvalue weighted by Gasteiger charge is -2.33. The van der Waals surface area contributed by atoms with Gasteiger partial charge in [-0.05, 0) is 37.5 Å². The summed E-state index contributed by atoms with van der Waals surface area (Å²) in [5, 5.41) is 0.813. The summed E-state index contributed by atoms with van der Waals surface area (Å²) in [5.41, 5.74) is 1.32. The molecule has 0 bridgehead atoms. The monoisotopic (exact) mass is 198 g/mol. The molecule has 0 amide bonds. The van der Waals surface area contributed by atoms with E-state index in [1.807, 2.05) is 0 Å². The van der Waals surface area contributed by atoms with Gasteiger partial charge in [-0.25, -0.2) is 0 Å². The molecule has 0 aliphatic heterocycles. The van der Waals surface area contributed by atoms with Gasteiger partial charge in [0, 0.05) is 10.6 Å². The maximum atomic E-state index is 10.8. The lowest BCUT2D eigenvalue weighted by molar-refractivity contribution is -0.105. The fourth-order valence-corrected chi connectivity index (χ4v) is 2.99. The smallest absolute Gasteiger partial charge is 0.147 e. The molecule has 2 heteroatoms. The van der Waals surface area contributed by atoms with Crippen molar-refractivity contribution in [3.63, 3.8) is 0 Å². The molecule has 1 saturated carbocycles. The van der Waals surface area contributed by atoms with Crippen molar-refractivity contribution in [3.05, 3.63) is 10.6 Å². The fraction of sp³-hybridized carbons (Fsp3) is 0.727. The molecule has 2 aliphatic rings. The molecule has 0 N–H and O–H groups in total. The largest absolute Gasteiger partial charge is 0.298 e. The Morgan fingerprint density at radius 3 is 2.54 bits per heavy atom. The van der Waals surface area contributed by atoms with Crippen molar-refractivity contribution in [3.8, 4) is 0 Å². The summed E-state index contributed by atoms with van der Waals surface area (Å²) in [5.74, 6) is 0. The van der Waals surface area contributed by atoms with Crippen LogP contribution < -0.4 is 0 Å². The van der Waals surface area contributed by atoms with Gasteiger partial charge in [-0.15, -0.1) is 0 Å². The Hall–Kier alpha value is -0.300. The van der Waals surface area contributed by atoms with E-state index in [2.05, 4.69) is 0 Å². The van der Waals surface area contributed by atoms with E-state index in [0.717, 1.165) is 29.7 Å². The van der Waals surface area contributed by atoms with E-state index in [-0.39, 0.29) is 0 Å². The lowest BCUT2D eigenvalue weighted by Crippen LogP contribution is -2.21.